The van der Waals surface area contributed by atoms with Gasteiger partial charge in [-0.3, -0.25) is 4.79 Å². The second-order valence-corrected chi connectivity index (χ2v) is 4.97. The zero-order valence-corrected chi connectivity index (χ0v) is 12.2. The molecule has 0 radical (unpaired) electrons. The first-order chi connectivity index (χ1) is 9.51. The van der Waals surface area contributed by atoms with Crippen LogP contribution in [0.3, 0.4) is 0 Å². The minimum atomic E-state index is 0.480. The molecule has 4 heteroatoms. The third kappa shape index (κ3) is 2.12. The highest BCUT2D eigenvalue weighted by molar-refractivity contribution is 5.83. The maximum atomic E-state index is 11.3. The Morgan fingerprint density at radius 3 is 2.45 bits per heavy atom. The van der Waals surface area contributed by atoms with Gasteiger partial charge in [-0.05, 0) is 49.9 Å². The number of aromatic nitrogens is 2. The fourth-order valence-corrected chi connectivity index (χ4v) is 2.46. The Kier molecular flexibility index (Phi) is 3.71. The van der Waals surface area contributed by atoms with Gasteiger partial charge in [-0.1, -0.05) is 0 Å². The van der Waals surface area contributed by atoms with Crippen molar-refractivity contribution in [3.05, 3.63) is 51.6 Å². The summed E-state index contributed by atoms with van der Waals surface area (Å²) in [6.07, 6.45) is 4.40. The van der Waals surface area contributed by atoms with Crippen LogP contribution in [0.1, 0.15) is 44.0 Å². The van der Waals surface area contributed by atoms with Crippen LogP contribution in [-0.2, 0) is 6.54 Å². The van der Waals surface area contributed by atoms with Crippen LogP contribution in [0.2, 0.25) is 0 Å². The number of aldehydes is 1. The van der Waals surface area contributed by atoms with E-state index in [1.165, 1.54) is 0 Å². The Labute approximate surface area is 118 Å². The van der Waals surface area contributed by atoms with Gasteiger partial charge >= 0.3 is 0 Å². The summed E-state index contributed by atoms with van der Waals surface area (Å²) in [5.41, 5.74) is 4.91. The highest BCUT2D eigenvalue weighted by atomic mass is 16.1. The number of hydrogen-bond donors (Lipinski definition) is 0. The van der Waals surface area contributed by atoms with E-state index in [0.29, 0.717) is 17.7 Å². The number of nitriles is 1. The molecule has 0 bridgehead atoms. The summed E-state index contributed by atoms with van der Waals surface area (Å²) in [5, 5.41) is 9.43. The van der Waals surface area contributed by atoms with Gasteiger partial charge in [0.25, 0.3) is 0 Å². The number of hydrogen-bond acceptors (Lipinski definition) is 3. The summed E-state index contributed by atoms with van der Waals surface area (Å²) in [6.45, 7) is 8.35. The summed E-state index contributed by atoms with van der Waals surface area (Å²) in [6, 6.07) is 2.19. The third-order valence-electron chi connectivity index (χ3n) is 4.03. The predicted molar refractivity (Wildman–Crippen MR) is 76.8 cm³/mol. The van der Waals surface area contributed by atoms with Crippen LogP contribution in [0.4, 0.5) is 0 Å². The van der Waals surface area contributed by atoms with Crippen molar-refractivity contribution < 1.29 is 4.79 Å². The lowest BCUT2D eigenvalue weighted by atomic mass is 9.89. The van der Waals surface area contributed by atoms with E-state index in [9.17, 15) is 10.1 Å². The van der Waals surface area contributed by atoms with E-state index >= 15 is 0 Å². The molecule has 0 spiro atoms. The van der Waals surface area contributed by atoms with E-state index in [1.807, 2.05) is 38.5 Å². The smallest absolute Gasteiger partial charge is 0.151 e. The number of rotatable bonds is 3. The van der Waals surface area contributed by atoms with Crippen LogP contribution in [0.25, 0.3) is 0 Å². The Morgan fingerprint density at radius 1 is 1.25 bits per heavy atom. The Balaban J connectivity index is 2.69. The topological polar surface area (TPSA) is 58.7 Å². The molecule has 1 aromatic heterocycles. The van der Waals surface area contributed by atoms with Crippen LogP contribution in [-0.4, -0.2) is 15.8 Å². The lowest BCUT2D eigenvalue weighted by Gasteiger charge is -2.17. The molecule has 0 aliphatic heterocycles. The van der Waals surface area contributed by atoms with Gasteiger partial charge in [-0.25, -0.2) is 4.98 Å². The number of benzene rings is 1. The first-order valence-corrected chi connectivity index (χ1v) is 6.46. The van der Waals surface area contributed by atoms with Gasteiger partial charge in [0, 0.05) is 18.0 Å². The van der Waals surface area contributed by atoms with Crippen molar-refractivity contribution in [1.29, 1.82) is 5.26 Å². The van der Waals surface area contributed by atoms with Gasteiger partial charge in [0.2, 0.25) is 0 Å². The van der Waals surface area contributed by atoms with Crippen LogP contribution >= 0.6 is 0 Å². The molecule has 2 rings (SSSR count). The molecule has 0 atom stereocenters. The number of aryl methyl sites for hydroxylation is 1. The number of carbonyl (C=O) groups is 1. The molecule has 1 aromatic carbocycles. The average Bonchev–Trinajstić information content (AvgIpc) is 2.84. The second-order valence-electron chi connectivity index (χ2n) is 4.97. The molecule has 0 amide bonds. The quantitative estimate of drug-likeness (QED) is 0.803. The molecular formula is C16H17N3O. The zero-order chi connectivity index (χ0) is 14.9. The van der Waals surface area contributed by atoms with Crippen LogP contribution in [0, 0.1) is 39.0 Å². The fourth-order valence-electron chi connectivity index (χ4n) is 2.46. The minimum Gasteiger partial charge on any atom is -0.331 e. The van der Waals surface area contributed by atoms with Gasteiger partial charge in [0.05, 0.1) is 12.1 Å². The first-order valence-electron chi connectivity index (χ1n) is 6.46. The largest absolute Gasteiger partial charge is 0.331 e. The van der Waals surface area contributed by atoms with Crippen molar-refractivity contribution in [3.63, 3.8) is 0 Å². The van der Waals surface area contributed by atoms with Crippen molar-refractivity contribution in [1.82, 2.24) is 9.55 Å². The van der Waals surface area contributed by atoms with E-state index in [4.69, 9.17) is 0 Å². The van der Waals surface area contributed by atoms with E-state index in [0.717, 1.165) is 34.4 Å². The number of carbonyl (C=O) groups excluding carboxylic acids is 1. The van der Waals surface area contributed by atoms with Gasteiger partial charge in [-0.2, -0.15) is 5.26 Å². The lowest BCUT2D eigenvalue weighted by molar-refractivity contribution is 0.112. The van der Waals surface area contributed by atoms with Crippen LogP contribution < -0.4 is 0 Å². The predicted octanol–water partition coefficient (Wildman–Crippen LogP) is 2.85. The van der Waals surface area contributed by atoms with E-state index < -0.39 is 0 Å². The van der Waals surface area contributed by atoms with Gasteiger partial charge in [0.15, 0.2) is 6.29 Å². The highest BCUT2D eigenvalue weighted by Gasteiger charge is 2.17. The molecule has 2 aromatic rings. The second kappa shape index (κ2) is 5.30. The molecule has 102 valence electrons. The molecule has 0 aliphatic carbocycles. The van der Waals surface area contributed by atoms with Crippen molar-refractivity contribution >= 4 is 6.29 Å². The van der Waals surface area contributed by atoms with Crippen molar-refractivity contribution in [3.8, 4) is 6.07 Å². The van der Waals surface area contributed by atoms with Crippen molar-refractivity contribution in [2.75, 3.05) is 0 Å². The average molecular weight is 267 g/mol. The van der Waals surface area contributed by atoms with Gasteiger partial charge in [0.1, 0.15) is 11.9 Å². The molecule has 0 N–H and O–H groups in total. The van der Waals surface area contributed by atoms with Crippen LogP contribution in [0.5, 0.6) is 0 Å². The number of nitrogens with zero attached hydrogens (tertiary/aromatic N) is 3. The van der Waals surface area contributed by atoms with Gasteiger partial charge < -0.3 is 4.57 Å². The molecule has 0 aliphatic rings. The van der Waals surface area contributed by atoms with Gasteiger partial charge in [-0.15, -0.1) is 0 Å². The SMILES string of the molecule is Cc1c(C)c(C=O)c(C#N)c(Cn2ccnc2C)c1C. The standard InChI is InChI=1S/C16H17N3O/c1-10-11(2)15(8-19-6-5-18-13(19)4)14(7-17)16(9-20)12(10)3/h5-6,9H,8H2,1-4H3. The fraction of sp³-hybridized carbons (Fsp3) is 0.312. The maximum Gasteiger partial charge on any atom is 0.151 e. The normalized spacial score (nSPS) is 10.3. The van der Waals surface area contributed by atoms with E-state index in [-0.39, 0.29) is 0 Å². The lowest BCUT2D eigenvalue weighted by Crippen LogP contribution is -2.10. The number of imidazole rings is 1. The molecule has 0 saturated heterocycles. The van der Waals surface area contributed by atoms with Crippen molar-refractivity contribution in [2.24, 2.45) is 0 Å². The Hall–Kier alpha value is -2.41. The molecule has 0 saturated carbocycles. The zero-order valence-electron chi connectivity index (χ0n) is 12.2. The molecule has 4 nitrogen and oxygen atoms in total. The summed E-state index contributed by atoms with van der Waals surface area (Å²) in [7, 11) is 0. The maximum absolute atomic E-state index is 11.3. The molecule has 0 fully saturated rings. The minimum absolute atomic E-state index is 0.480. The highest BCUT2D eigenvalue weighted by Crippen LogP contribution is 2.26. The van der Waals surface area contributed by atoms with E-state index in [1.54, 1.807) is 6.20 Å². The summed E-state index contributed by atoms with van der Waals surface area (Å²) >= 11 is 0. The molecule has 0 unspecified atom stereocenters. The third-order valence-corrected chi connectivity index (χ3v) is 4.03. The molecular weight excluding hydrogens is 250 g/mol. The van der Waals surface area contributed by atoms with Crippen LogP contribution in [0.15, 0.2) is 12.4 Å². The molecule has 20 heavy (non-hydrogen) atoms. The molecule has 1 heterocycles. The summed E-state index contributed by atoms with van der Waals surface area (Å²) in [5.74, 6) is 0.888. The first kappa shape index (κ1) is 14.0. The Morgan fingerprint density at radius 2 is 1.95 bits per heavy atom. The van der Waals surface area contributed by atoms with Crippen molar-refractivity contribution in [2.45, 2.75) is 34.2 Å². The monoisotopic (exact) mass is 267 g/mol. The summed E-state index contributed by atoms with van der Waals surface area (Å²) < 4.78 is 1.98. The van der Waals surface area contributed by atoms with E-state index in [2.05, 4.69) is 11.1 Å². The Bertz CT molecular complexity index is 720. The summed E-state index contributed by atoms with van der Waals surface area (Å²) in [4.78, 5) is 15.5.